The molecule has 0 heterocycles. The van der Waals surface area contributed by atoms with Crippen LogP contribution in [0.5, 0.6) is 0 Å². The van der Waals surface area contributed by atoms with E-state index < -0.39 is 46.5 Å². The van der Waals surface area contributed by atoms with Crippen molar-refractivity contribution in [2.75, 3.05) is 11.9 Å². The lowest BCUT2D eigenvalue weighted by Gasteiger charge is -2.40. The van der Waals surface area contributed by atoms with E-state index in [-0.39, 0.29) is 40.9 Å². The monoisotopic (exact) mass is 605 g/mol. The van der Waals surface area contributed by atoms with Gasteiger partial charge in [0.15, 0.2) is 0 Å². The van der Waals surface area contributed by atoms with Crippen LogP contribution in [0.2, 0.25) is 10.0 Å². The largest absolute Gasteiger partial charge is 0.481 e. The fraction of sp³-hybridized carbons (Fsp3) is 0.414. The summed E-state index contributed by atoms with van der Waals surface area (Å²) in [4.78, 5) is 61.7. The highest BCUT2D eigenvalue weighted by Gasteiger charge is 2.58. The SMILES string of the molecule is CC1(C(=O)NCCC(=O)O)CCC(C(=O)NC(Cc2ccc(NC(=O)c3c(Cl)cccc3Cl)cc2)C(=O)O)C1(C)C. The van der Waals surface area contributed by atoms with Gasteiger partial charge in [-0.2, -0.15) is 0 Å². The molecule has 0 spiro atoms. The van der Waals surface area contributed by atoms with Crippen LogP contribution in [0, 0.1) is 16.7 Å². The molecule has 0 aliphatic heterocycles. The highest BCUT2D eigenvalue weighted by atomic mass is 35.5. The standard InChI is InChI=1S/C29H33Cl2N3O7/c1-28(2)18(11-13-29(28,3)27(41)32-14-12-22(35)36)24(37)34-21(26(39)40)15-16-7-9-17(10-8-16)33-25(38)23-19(30)5-4-6-20(23)31/h4-10,18,21H,11-15H2,1-3H3,(H,32,41)(H,33,38)(H,34,37)(H,35,36)(H,39,40). The highest BCUT2D eigenvalue weighted by molar-refractivity contribution is 6.40. The lowest BCUT2D eigenvalue weighted by atomic mass is 9.65. The molecule has 1 fully saturated rings. The minimum Gasteiger partial charge on any atom is -0.481 e. The van der Waals surface area contributed by atoms with Gasteiger partial charge in [-0.25, -0.2) is 4.79 Å². The Balaban J connectivity index is 1.65. The number of rotatable bonds is 11. The summed E-state index contributed by atoms with van der Waals surface area (Å²) >= 11 is 12.2. The third-order valence-corrected chi connectivity index (χ3v) is 8.75. The summed E-state index contributed by atoms with van der Waals surface area (Å²) in [6.07, 6.45) is 0.542. The van der Waals surface area contributed by atoms with E-state index in [9.17, 15) is 29.1 Å². The Morgan fingerprint density at radius 1 is 0.976 bits per heavy atom. The number of amides is 3. The van der Waals surface area contributed by atoms with Gasteiger partial charge in [-0.3, -0.25) is 19.2 Å². The molecule has 0 radical (unpaired) electrons. The Bertz CT molecular complexity index is 1330. The zero-order chi connectivity index (χ0) is 30.5. The first kappa shape index (κ1) is 31.9. The number of carboxylic acids is 2. The maximum Gasteiger partial charge on any atom is 0.326 e. The first-order valence-corrected chi connectivity index (χ1v) is 13.8. The maximum absolute atomic E-state index is 13.3. The third kappa shape index (κ3) is 7.18. The van der Waals surface area contributed by atoms with Crippen molar-refractivity contribution in [3.05, 3.63) is 63.6 Å². The molecular weight excluding hydrogens is 573 g/mol. The van der Waals surface area contributed by atoms with Crippen molar-refractivity contribution in [1.29, 1.82) is 0 Å². The minimum atomic E-state index is -1.23. The Morgan fingerprint density at radius 3 is 2.15 bits per heavy atom. The summed E-state index contributed by atoms with van der Waals surface area (Å²) in [5.41, 5.74) is -0.574. The van der Waals surface area contributed by atoms with Gasteiger partial charge in [-0.1, -0.05) is 62.2 Å². The van der Waals surface area contributed by atoms with Crippen LogP contribution >= 0.6 is 23.2 Å². The predicted octanol–water partition coefficient (Wildman–Crippen LogP) is 4.39. The van der Waals surface area contributed by atoms with E-state index in [4.69, 9.17) is 28.3 Å². The number of hydrogen-bond donors (Lipinski definition) is 5. The van der Waals surface area contributed by atoms with Gasteiger partial charge in [-0.15, -0.1) is 0 Å². The average molecular weight is 607 g/mol. The summed E-state index contributed by atoms with van der Waals surface area (Å²) in [6.45, 7) is 5.30. The van der Waals surface area contributed by atoms with Gasteiger partial charge in [0, 0.05) is 24.6 Å². The smallest absolute Gasteiger partial charge is 0.326 e. The molecule has 3 unspecified atom stereocenters. The van der Waals surface area contributed by atoms with Gasteiger partial charge >= 0.3 is 11.9 Å². The van der Waals surface area contributed by atoms with Gasteiger partial charge in [-0.05, 0) is 48.1 Å². The molecule has 41 heavy (non-hydrogen) atoms. The first-order valence-electron chi connectivity index (χ1n) is 13.0. The molecule has 1 aliphatic rings. The maximum atomic E-state index is 13.3. The quantitative estimate of drug-likeness (QED) is 0.253. The molecule has 220 valence electrons. The summed E-state index contributed by atoms with van der Waals surface area (Å²) < 4.78 is 0. The molecular formula is C29H33Cl2N3O7. The lowest BCUT2D eigenvalue weighted by molar-refractivity contribution is -0.145. The number of anilines is 1. The first-order chi connectivity index (χ1) is 19.2. The van der Waals surface area contributed by atoms with E-state index >= 15 is 0 Å². The van der Waals surface area contributed by atoms with Crippen LogP contribution in [0.1, 0.15) is 56.0 Å². The second-order valence-electron chi connectivity index (χ2n) is 10.9. The molecule has 3 amide bonds. The molecule has 0 saturated heterocycles. The topological polar surface area (TPSA) is 162 Å². The van der Waals surface area contributed by atoms with E-state index in [2.05, 4.69) is 16.0 Å². The molecule has 1 saturated carbocycles. The third-order valence-electron chi connectivity index (χ3n) is 8.12. The zero-order valence-electron chi connectivity index (χ0n) is 22.9. The van der Waals surface area contributed by atoms with Crippen molar-refractivity contribution in [2.24, 2.45) is 16.7 Å². The number of carbonyl (C=O) groups is 5. The summed E-state index contributed by atoms with van der Waals surface area (Å²) in [6, 6.07) is 10.00. The van der Waals surface area contributed by atoms with Crippen LogP contribution in [0.25, 0.3) is 0 Å². The van der Waals surface area contributed by atoms with Crippen LogP contribution in [0.3, 0.4) is 0 Å². The molecule has 2 aromatic carbocycles. The molecule has 0 bridgehead atoms. The van der Waals surface area contributed by atoms with Gasteiger partial charge in [0.25, 0.3) is 5.91 Å². The molecule has 10 nitrogen and oxygen atoms in total. The van der Waals surface area contributed by atoms with Crippen LogP contribution < -0.4 is 16.0 Å². The number of halogens is 2. The van der Waals surface area contributed by atoms with Crippen LogP contribution in [-0.4, -0.2) is 52.5 Å². The second kappa shape index (κ2) is 12.9. The normalized spacial score (nSPS) is 20.1. The number of carbonyl (C=O) groups excluding carboxylic acids is 3. The molecule has 12 heteroatoms. The molecule has 0 aromatic heterocycles. The Morgan fingerprint density at radius 2 is 1.59 bits per heavy atom. The van der Waals surface area contributed by atoms with Crippen LogP contribution in [0.4, 0.5) is 5.69 Å². The second-order valence-corrected chi connectivity index (χ2v) is 11.7. The molecule has 2 aromatic rings. The number of benzene rings is 2. The van der Waals surface area contributed by atoms with E-state index in [1.54, 1.807) is 63.2 Å². The fourth-order valence-corrected chi connectivity index (χ4v) is 5.75. The average Bonchev–Trinajstić information content (AvgIpc) is 3.13. The fourth-order valence-electron chi connectivity index (χ4n) is 5.18. The molecule has 3 rings (SSSR count). The van der Waals surface area contributed by atoms with Gasteiger partial charge in [0.2, 0.25) is 11.8 Å². The summed E-state index contributed by atoms with van der Waals surface area (Å²) in [7, 11) is 0. The number of hydrogen-bond acceptors (Lipinski definition) is 5. The van der Waals surface area contributed by atoms with Crippen molar-refractivity contribution >= 4 is 58.5 Å². The highest BCUT2D eigenvalue weighted by Crippen LogP contribution is 2.56. The Hall–Kier alpha value is -3.63. The van der Waals surface area contributed by atoms with Crippen molar-refractivity contribution in [3.63, 3.8) is 0 Å². The molecule has 5 N–H and O–H groups in total. The van der Waals surface area contributed by atoms with Crippen LogP contribution in [0.15, 0.2) is 42.5 Å². The van der Waals surface area contributed by atoms with Crippen molar-refractivity contribution in [1.82, 2.24) is 10.6 Å². The lowest BCUT2D eigenvalue weighted by Crippen LogP contribution is -2.52. The summed E-state index contributed by atoms with van der Waals surface area (Å²) in [5.74, 6) is -4.17. The molecule has 1 aliphatic carbocycles. The van der Waals surface area contributed by atoms with Gasteiger partial charge in [0.1, 0.15) is 6.04 Å². The summed E-state index contributed by atoms with van der Waals surface area (Å²) in [5, 5.41) is 27.1. The zero-order valence-corrected chi connectivity index (χ0v) is 24.4. The number of carboxylic acid groups (broad SMARTS) is 2. The van der Waals surface area contributed by atoms with Crippen molar-refractivity contribution < 1.29 is 34.2 Å². The van der Waals surface area contributed by atoms with Gasteiger partial charge < -0.3 is 26.2 Å². The van der Waals surface area contributed by atoms with E-state index in [1.165, 1.54) is 0 Å². The van der Waals surface area contributed by atoms with E-state index in [0.29, 0.717) is 24.1 Å². The predicted molar refractivity (Wildman–Crippen MR) is 154 cm³/mol. The van der Waals surface area contributed by atoms with E-state index in [0.717, 1.165) is 0 Å². The molecule has 3 atom stereocenters. The van der Waals surface area contributed by atoms with Gasteiger partial charge in [0.05, 0.1) is 27.4 Å². The Kier molecular flexibility index (Phi) is 10.0. The van der Waals surface area contributed by atoms with Crippen molar-refractivity contribution in [2.45, 2.75) is 52.5 Å². The van der Waals surface area contributed by atoms with E-state index in [1.807, 2.05) is 0 Å². The minimum absolute atomic E-state index is 0.00820. The van der Waals surface area contributed by atoms with Crippen LogP contribution in [-0.2, 0) is 25.6 Å². The number of nitrogens with one attached hydrogen (secondary N) is 3. The number of aliphatic carboxylic acids is 2. The van der Waals surface area contributed by atoms with Crippen molar-refractivity contribution in [3.8, 4) is 0 Å². The Labute approximate surface area is 247 Å².